The van der Waals surface area contributed by atoms with E-state index in [9.17, 15) is 0 Å². The molecule has 0 aliphatic carbocycles. The second kappa shape index (κ2) is 7.49. The van der Waals surface area contributed by atoms with E-state index in [1.807, 2.05) is 24.4 Å². The summed E-state index contributed by atoms with van der Waals surface area (Å²) >= 11 is 0. The van der Waals surface area contributed by atoms with Crippen LogP contribution in [0.2, 0.25) is 0 Å². The van der Waals surface area contributed by atoms with Gasteiger partial charge in [-0.1, -0.05) is 54.6 Å². The molecule has 0 amide bonds. The van der Waals surface area contributed by atoms with Crippen molar-refractivity contribution in [3.05, 3.63) is 90.9 Å². The Morgan fingerprint density at radius 3 is 2.48 bits per heavy atom. The average Bonchev–Trinajstić information content (AvgIpc) is 2.67. The Hall–Kier alpha value is -3.33. The molecule has 3 aromatic rings. The van der Waals surface area contributed by atoms with Crippen molar-refractivity contribution in [2.75, 3.05) is 0 Å². The minimum atomic E-state index is 0.717. The van der Waals surface area contributed by atoms with E-state index < -0.39 is 0 Å². The normalized spacial score (nSPS) is 11.2. The molecule has 1 N–H and O–H groups in total. The molecule has 0 saturated heterocycles. The Balaban J connectivity index is 2.21. The lowest BCUT2D eigenvalue weighted by Gasteiger charge is -2.10. The lowest BCUT2D eigenvalue weighted by Crippen LogP contribution is -1.95. The van der Waals surface area contributed by atoms with Crippen molar-refractivity contribution < 1.29 is 0 Å². The van der Waals surface area contributed by atoms with Crippen LogP contribution in [0.5, 0.6) is 0 Å². The average molecular weight is 325 g/mol. The first-order valence-electron chi connectivity index (χ1n) is 8.04. The van der Waals surface area contributed by atoms with Crippen molar-refractivity contribution in [2.45, 2.75) is 6.92 Å². The van der Waals surface area contributed by atoms with Gasteiger partial charge in [0.05, 0.1) is 11.4 Å². The van der Waals surface area contributed by atoms with E-state index >= 15 is 0 Å². The van der Waals surface area contributed by atoms with Crippen LogP contribution in [0.1, 0.15) is 11.3 Å². The third kappa shape index (κ3) is 3.78. The van der Waals surface area contributed by atoms with E-state index in [-0.39, 0.29) is 0 Å². The number of benzene rings is 1. The molecule has 0 atom stereocenters. The fraction of sp³-hybridized carbons (Fsp3) is 0.0455. The number of aryl methyl sites for hydroxylation is 1. The minimum Gasteiger partial charge on any atom is -0.308 e. The van der Waals surface area contributed by atoms with E-state index in [4.69, 9.17) is 10.4 Å². The highest BCUT2D eigenvalue weighted by Crippen LogP contribution is 2.28. The number of nitrogens with zero attached hydrogens (tertiary/aromatic N) is 2. The number of nitrogens with one attached hydrogen (secondary N) is 1. The fourth-order valence-electron chi connectivity index (χ4n) is 2.59. The van der Waals surface area contributed by atoms with Gasteiger partial charge in [0.15, 0.2) is 0 Å². The smallest absolute Gasteiger partial charge is 0.0730 e. The van der Waals surface area contributed by atoms with Crippen molar-refractivity contribution in [1.82, 2.24) is 9.97 Å². The van der Waals surface area contributed by atoms with Crippen molar-refractivity contribution >= 4 is 11.8 Å². The van der Waals surface area contributed by atoms with E-state index in [1.165, 1.54) is 11.8 Å². The van der Waals surface area contributed by atoms with Gasteiger partial charge in [0.25, 0.3) is 0 Å². The molecule has 0 bridgehead atoms. The highest BCUT2D eigenvalue weighted by Gasteiger charge is 2.09. The molecule has 0 aliphatic rings. The summed E-state index contributed by atoms with van der Waals surface area (Å²) in [5.74, 6) is 0. The Morgan fingerprint density at radius 2 is 1.84 bits per heavy atom. The Bertz CT molecular complexity index is 923. The standard InChI is InChI=1S/C22H19N3/c1-3-5-18(14-23)22-13-20(19-6-4-11-24-15-19)12-21(25-22)17-9-7-16(2)8-10-17/h3-15,23H,1H2,2H3/b18-5+,23-14?. The molecule has 3 nitrogen and oxygen atoms in total. The summed E-state index contributed by atoms with van der Waals surface area (Å²) in [4.78, 5) is 8.97. The quantitative estimate of drug-likeness (QED) is 0.508. The molecule has 0 spiro atoms. The van der Waals surface area contributed by atoms with Crippen LogP contribution in [0.4, 0.5) is 0 Å². The molecular weight excluding hydrogens is 306 g/mol. The Kier molecular flexibility index (Phi) is 4.95. The van der Waals surface area contributed by atoms with Crippen LogP contribution in [0.3, 0.4) is 0 Å². The molecule has 0 fully saturated rings. The third-order valence-corrected chi connectivity index (χ3v) is 3.92. The molecule has 0 aliphatic heterocycles. The molecular formula is C22H19N3. The number of pyridine rings is 2. The van der Waals surface area contributed by atoms with Gasteiger partial charge in [-0.15, -0.1) is 0 Å². The minimum absolute atomic E-state index is 0.717. The van der Waals surface area contributed by atoms with Crippen LogP contribution < -0.4 is 0 Å². The van der Waals surface area contributed by atoms with Crippen LogP contribution in [-0.4, -0.2) is 16.2 Å². The SMILES string of the molecule is C=C/C=C(\C=N)c1cc(-c2cccnc2)cc(-c2ccc(C)cc2)n1. The van der Waals surface area contributed by atoms with E-state index in [2.05, 4.69) is 48.8 Å². The molecule has 3 rings (SSSR count). The van der Waals surface area contributed by atoms with Gasteiger partial charge in [-0.25, -0.2) is 4.98 Å². The molecule has 2 aromatic heterocycles. The number of hydrogen-bond donors (Lipinski definition) is 1. The molecule has 0 unspecified atom stereocenters. The zero-order chi connectivity index (χ0) is 17.6. The molecule has 3 heteroatoms. The van der Waals surface area contributed by atoms with Gasteiger partial charge in [-0.2, -0.15) is 0 Å². The topological polar surface area (TPSA) is 49.6 Å². The zero-order valence-corrected chi connectivity index (χ0v) is 14.1. The maximum absolute atomic E-state index is 7.69. The Morgan fingerprint density at radius 1 is 1.04 bits per heavy atom. The largest absolute Gasteiger partial charge is 0.308 e. The number of aromatic nitrogens is 2. The maximum atomic E-state index is 7.69. The first-order chi connectivity index (χ1) is 12.2. The summed E-state index contributed by atoms with van der Waals surface area (Å²) in [6.45, 7) is 5.79. The van der Waals surface area contributed by atoms with Crippen molar-refractivity contribution in [1.29, 1.82) is 5.41 Å². The van der Waals surface area contributed by atoms with E-state index in [0.717, 1.165) is 28.1 Å². The monoisotopic (exact) mass is 325 g/mol. The van der Waals surface area contributed by atoms with E-state index in [1.54, 1.807) is 18.3 Å². The van der Waals surface area contributed by atoms with Crippen molar-refractivity contribution in [3.63, 3.8) is 0 Å². The number of hydrogen-bond acceptors (Lipinski definition) is 3. The molecule has 1 aromatic carbocycles. The van der Waals surface area contributed by atoms with Gasteiger partial charge in [0.2, 0.25) is 0 Å². The summed E-state index contributed by atoms with van der Waals surface area (Å²) in [5.41, 5.74) is 6.61. The van der Waals surface area contributed by atoms with Crippen LogP contribution in [0.25, 0.3) is 28.0 Å². The zero-order valence-electron chi connectivity index (χ0n) is 14.1. The highest BCUT2D eigenvalue weighted by molar-refractivity contribution is 6.08. The van der Waals surface area contributed by atoms with Crippen molar-refractivity contribution in [3.8, 4) is 22.4 Å². The van der Waals surface area contributed by atoms with Gasteiger partial charge >= 0.3 is 0 Å². The third-order valence-electron chi connectivity index (χ3n) is 3.92. The number of rotatable bonds is 5. The summed E-state index contributed by atoms with van der Waals surface area (Å²) in [5, 5.41) is 7.69. The van der Waals surface area contributed by atoms with Crippen LogP contribution in [0, 0.1) is 12.3 Å². The first kappa shape index (κ1) is 16.5. The van der Waals surface area contributed by atoms with Crippen LogP contribution >= 0.6 is 0 Å². The first-order valence-corrected chi connectivity index (χ1v) is 8.04. The second-order valence-electron chi connectivity index (χ2n) is 5.74. The maximum Gasteiger partial charge on any atom is 0.0730 e. The summed E-state index contributed by atoms with van der Waals surface area (Å²) < 4.78 is 0. The molecule has 0 radical (unpaired) electrons. The van der Waals surface area contributed by atoms with Crippen molar-refractivity contribution in [2.24, 2.45) is 0 Å². The van der Waals surface area contributed by atoms with Gasteiger partial charge < -0.3 is 5.41 Å². The Labute approximate surface area is 147 Å². The van der Waals surface area contributed by atoms with Crippen LogP contribution in [0.15, 0.2) is 79.7 Å². The fourth-order valence-corrected chi connectivity index (χ4v) is 2.59. The highest BCUT2D eigenvalue weighted by atomic mass is 14.7. The summed E-state index contributed by atoms with van der Waals surface area (Å²) in [6, 6.07) is 16.3. The molecule has 2 heterocycles. The van der Waals surface area contributed by atoms with Gasteiger partial charge in [0.1, 0.15) is 0 Å². The number of allylic oxidation sites excluding steroid dienone is 3. The summed E-state index contributed by atoms with van der Waals surface area (Å²) in [7, 11) is 0. The summed E-state index contributed by atoms with van der Waals surface area (Å²) in [6.07, 6.45) is 8.36. The van der Waals surface area contributed by atoms with Gasteiger partial charge in [-0.05, 0) is 30.7 Å². The molecule has 122 valence electrons. The lowest BCUT2D eigenvalue weighted by molar-refractivity contribution is 1.27. The molecule has 25 heavy (non-hydrogen) atoms. The van der Waals surface area contributed by atoms with Crippen LogP contribution in [-0.2, 0) is 0 Å². The predicted molar refractivity (Wildman–Crippen MR) is 105 cm³/mol. The van der Waals surface area contributed by atoms with E-state index in [0.29, 0.717) is 5.57 Å². The molecule has 0 saturated carbocycles. The lowest BCUT2D eigenvalue weighted by atomic mass is 10.0. The van der Waals surface area contributed by atoms with Gasteiger partial charge in [0, 0.05) is 35.3 Å². The second-order valence-corrected chi connectivity index (χ2v) is 5.74. The van der Waals surface area contributed by atoms with Gasteiger partial charge in [-0.3, -0.25) is 4.98 Å². The predicted octanol–water partition coefficient (Wildman–Crippen LogP) is 5.34.